The van der Waals surface area contributed by atoms with Crippen molar-refractivity contribution in [1.29, 1.82) is 0 Å². The second kappa shape index (κ2) is 7.53. The van der Waals surface area contributed by atoms with Crippen molar-refractivity contribution in [1.82, 2.24) is 19.7 Å². The SMILES string of the molecule is CC(C)c1nc(NC(=O)C[C@@H](c2ccc(Cl)cc2)n2cccc2)n[nH]1. The summed E-state index contributed by atoms with van der Waals surface area (Å²) in [6.07, 6.45) is 4.15. The molecule has 1 amide bonds. The summed E-state index contributed by atoms with van der Waals surface area (Å²) in [6.45, 7) is 4.02. The van der Waals surface area contributed by atoms with E-state index >= 15 is 0 Å². The summed E-state index contributed by atoms with van der Waals surface area (Å²) in [6, 6.07) is 11.3. The van der Waals surface area contributed by atoms with Crippen molar-refractivity contribution < 1.29 is 4.79 Å². The fraction of sp³-hybridized carbons (Fsp3) is 0.278. The number of aromatic nitrogens is 4. The summed E-state index contributed by atoms with van der Waals surface area (Å²) in [5.41, 5.74) is 1.01. The number of nitrogens with zero attached hydrogens (tertiary/aromatic N) is 3. The predicted molar refractivity (Wildman–Crippen MR) is 97.7 cm³/mol. The highest BCUT2D eigenvalue weighted by Gasteiger charge is 2.19. The number of halogens is 1. The van der Waals surface area contributed by atoms with E-state index < -0.39 is 0 Å². The van der Waals surface area contributed by atoms with Crippen LogP contribution in [0.2, 0.25) is 5.02 Å². The second-order valence-corrected chi connectivity index (χ2v) is 6.59. The van der Waals surface area contributed by atoms with Crippen LogP contribution in [0.15, 0.2) is 48.8 Å². The molecule has 3 aromatic rings. The van der Waals surface area contributed by atoms with Crippen LogP contribution in [0.4, 0.5) is 5.95 Å². The van der Waals surface area contributed by atoms with E-state index in [9.17, 15) is 4.79 Å². The number of hydrogen-bond donors (Lipinski definition) is 2. The molecule has 2 heterocycles. The van der Waals surface area contributed by atoms with Crippen LogP contribution in [0, 0.1) is 0 Å². The number of H-pyrrole nitrogens is 1. The van der Waals surface area contributed by atoms with Crippen molar-refractivity contribution in [2.24, 2.45) is 0 Å². The van der Waals surface area contributed by atoms with Crippen LogP contribution in [0.1, 0.15) is 43.6 Å². The van der Waals surface area contributed by atoms with Crippen LogP contribution >= 0.6 is 11.6 Å². The van der Waals surface area contributed by atoms with Crippen LogP contribution in [0.5, 0.6) is 0 Å². The fourth-order valence-electron chi connectivity index (χ4n) is 2.58. The van der Waals surface area contributed by atoms with Crippen molar-refractivity contribution in [2.45, 2.75) is 32.2 Å². The molecule has 2 N–H and O–H groups in total. The molecule has 0 aliphatic carbocycles. The van der Waals surface area contributed by atoms with Gasteiger partial charge in [-0.25, -0.2) is 0 Å². The van der Waals surface area contributed by atoms with Gasteiger partial charge in [0.25, 0.3) is 0 Å². The predicted octanol–water partition coefficient (Wildman–Crippen LogP) is 4.00. The lowest BCUT2D eigenvalue weighted by Crippen LogP contribution is -2.20. The molecule has 0 saturated heterocycles. The molecule has 25 heavy (non-hydrogen) atoms. The van der Waals surface area contributed by atoms with Crippen LogP contribution in [0.3, 0.4) is 0 Å². The molecule has 7 heteroatoms. The molecule has 0 aliphatic rings. The average molecular weight is 358 g/mol. The quantitative estimate of drug-likeness (QED) is 0.700. The third kappa shape index (κ3) is 4.28. The largest absolute Gasteiger partial charge is 0.346 e. The number of carbonyl (C=O) groups is 1. The Morgan fingerprint density at radius 1 is 1.24 bits per heavy atom. The maximum absolute atomic E-state index is 12.5. The second-order valence-electron chi connectivity index (χ2n) is 6.15. The molecule has 0 aliphatic heterocycles. The maximum atomic E-state index is 12.5. The molecule has 0 bridgehead atoms. The standard InChI is InChI=1S/C18H20ClN5O/c1-12(2)17-21-18(23-22-17)20-16(25)11-15(24-9-3-4-10-24)13-5-7-14(19)8-6-13/h3-10,12,15H,11H2,1-2H3,(H2,20,21,22,23,25)/t15-/m0/s1. The van der Waals surface area contributed by atoms with Crippen molar-refractivity contribution in [3.63, 3.8) is 0 Å². The van der Waals surface area contributed by atoms with Crippen molar-refractivity contribution in [3.05, 3.63) is 65.2 Å². The molecule has 6 nitrogen and oxygen atoms in total. The van der Waals surface area contributed by atoms with E-state index in [4.69, 9.17) is 11.6 Å². The topological polar surface area (TPSA) is 75.6 Å². The van der Waals surface area contributed by atoms with Gasteiger partial charge >= 0.3 is 0 Å². The third-order valence-corrected chi connectivity index (χ3v) is 4.17. The van der Waals surface area contributed by atoms with Crippen molar-refractivity contribution >= 4 is 23.5 Å². The Morgan fingerprint density at radius 2 is 1.92 bits per heavy atom. The number of benzene rings is 1. The Kier molecular flexibility index (Phi) is 5.19. The van der Waals surface area contributed by atoms with Gasteiger partial charge in [0.05, 0.1) is 12.5 Å². The van der Waals surface area contributed by atoms with Gasteiger partial charge in [-0.05, 0) is 29.8 Å². The smallest absolute Gasteiger partial charge is 0.248 e. The zero-order chi connectivity index (χ0) is 17.8. The first-order valence-electron chi connectivity index (χ1n) is 8.13. The number of aromatic amines is 1. The van der Waals surface area contributed by atoms with Gasteiger partial charge in [0, 0.05) is 23.3 Å². The zero-order valence-corrected chi connectivity index (χ0v) is 14.9. The monoisotopic (exact) mass is 357 g/mol. The Hall–Kier alpha value is -2.60. The highest BCUT2D eigenvalue weighted by atomic mass is 35.5. The number of rotatable bonds is 6. The van der Waals surface area contributed by atoms with E-state index in [-0.39, 0.29) is 24.3 Å². The number of nitrogens with one attached hydrogen (secondary N) is 2. The lowest BCUT2D eigenvalue weighted by atomic mass is 10.0. The summed E-state index contributed by atoms with van der Waals surface area (Å²) in [7, 11) is 0. The number of carbonyl (C=O) groups excluding carboxylic acids is 1. The lowest BCUT2D eigenvalue weighted by Gasteiger charge is -2.19. The Morgan fingerprint density at radius 3 is 2.52 bits per heavy atom. The lowest BCUT2D eigenvalue weighted by molar-refractivity contribution is -0.116. The highest BCUT2D eigenvalue weighted by Crippen LogP contribution is 2.24. The van der Waals surface area contributed by atoms with Gasteiger partial charge in [-0.1, -0.05) is 37.6 Å². The molecule has 2 aromatic heterocycles. The molecule has 0 unspecified atom stereocenters. The molecule has 0 radical (unpaired) electrons. The fourth-order valence-corrected chi connectivity index (χ4v) is 2.70. The summed E-state index contributed by atoms with van der Waals surface area (Å²) >= 11 is 5.98. The molecule has 3 rings (SSSR count). The maximum Gasteiger partial charge on any atom is 0.248 e. The zero-order valence-electron chi connectivity index (χ0n) is 14.1. The summed E-state index contributed by atoms with van der Waals surface area (Å²) < 4.78 is 2.00. The highest BCUT2D eigenvalue weighted by molar-refractivity contribution is 6.30. The van der Waals surface area contributed by atoms with Gasteiger partial charge in [-0.15, -0.1) is 5.10 Å². The number of amides is 1. The Labute approximate surface area is 151 Å². The van der Waals surface area contributed by atoms with Crippen LogP contribution in [0.25, 0.3) is 0 Å². The summed E-state index contributed by atoms with van der Waals surface area (Å²) in [5.74, 6) is 1.12. The average Bonchev–Trinajstić information content (AvgIpc) is 3.25. The van der Waals surface area contributed by atoms with E-state index in [1.165, 1.54) is 0 Å². The molecular weight excluding hydrogens is 338 g/mol. The number of hydrogen-bond acceptors (Lipinski definition) is 3. The summed E-state index contributed by atoms with van der Waals surface area (Å²) in [5, 5.41) is 10.3. The minimum Gasteiger partial charge on any atom is -0.346 e. The van der Waals surface area contributed by atoms with Crippen LogP contribution in [-0.2, 0) is 4.79 Å². The minimum atomic E-state index is -0.150. The Balaban J connectivity index is 1.75. The van der Waals surface area contributed by atoms with Crippen molar-refractivity contribution in [3.8, 4) is 0 Å². The van der Waals surface area contributed by atoms with E-state index in [0.717, 1.165) is 11.4 Å². The first-order valence-corrected chi connectivity index (χ1v) is 8.51. The molecule has 0 spiro atoms. The van der Waals surface area contributed by atoms with Gasteiger partial charge < -0.3 is 4.57 Å². The number of anilines is 1. The minimum absolute atomic E-state index is 0.129. The van der Waals surface area contributed by atoms with E-state index in [2.05, 4.69) is 20.5 Å². The summed E-state index contributed by atoms with van der Waals surface area (Å²) in [4.78, 5) is 16.8. The molecule has 1 atom stereocenters. The van der Waals surface area contributed by atoms with Crippen LogP contribution < -0.4 is 5.32 Å². The normalized spacial score (nSPS) is 12.3. The van der Waals surface area contributed by atoms with E-state index in [1.54, 1.807) is 0 Å². The van der Waals surface area contributed by atoms with Gasteiger partial charge in [-0.2, -0.15) is 4.98 Å². The van der Waals surface area contributed by atoms with Gasteiger partial charge in [0.1, 0.15) is 5.82 Å². The van der Waals surface area contributed by atoms with Gasteiger partial charge in [-0.3, -0.25) is 15.2 Å². The van der Waals surface area contributed by atoms with E-state index in [1.807, 2.05) is 67.2 Å². The first-order chi connectivity index (χ1) is 12.0. The molecule has 0 saturated carbocycles. The molecule has 130 valence electrons. The van der Waals surface area contributed by atoms with Crippen LogP contribution in [-0.4, -0.2) is 25.7 Å². The third-order valence-electron chi connectivity index (χ3n) is 3.92. The first kappa shape index (κ1) is 17.2. The molecule has 0 fully saturated rings. The van der Waals surface area contributed by atoms with Gasteiger partial charge in [0.2, 0.25) is 11.9 Å². The van der Waals surface area contributed by atoms with E-state index in [0.29, 0.717) is 11.0 Å². The van der Waals surface area contributed by atoms with Gasteiger partial charge in [0.15, 0.2) is 0 Å². The molecular formula is C18H20ClN5O. The Bertz CT molecular complexity index is 824. The molecule has 1 aromatic carbocycles. The van der Waals surface area contributed by atoms with Crippen molar-refractivity contribution in [2.75, 3.05) is 5.32 Å².